The fourth-order valence-electron chi connectivity index (χ4n) is 19.2. The van der Waals surface area contributed by atoms with Gasteiger partial charge in [-0.05, 0) is 269 Å². The fourth-order valence-corrected chi connectivity index (χ4v) is 19.2. The van der Waals surface area contributed by atoms with Crippen LogP contribution in [0, 0.1) is 0 Å². The molecule has 544 valence electrons. The number of ether oxygens (including phenoxy) is 2. The Morgan fingerprint density at radius 2 is 0.577 bits per heavy atom. The third-order valence-electron chi connectivity index (χ3n) is 24.5. The van der Waals surface area contributed by atoms with Crippen LogP contribution in [0.25, 0.3) is 56.7 Å². The number of anilines is 6. The van der Waals surface area contributed by atoms with Crippen molar-refractivity contribution in [1.82, 2.24) is 0 Å². The van der Waals surface area contributed by atoms with Crippen molar-refractivity contribution >= 4 is 46.3 Å². The van der Waals surface area contributed by atoms with Crippen LogP contribution in [0.15, 0.2) is 341 Å². The van der Waals surface area contributed by atoms with E-state index in [2.05, 4.69) is 392 Å². The molecule has 0 saturated heterocycles. The average molecular weight is 1440 g/mol. The number of benzene rings is 14. The summed E-state index contributed by atoms with van der Waals surface area (Å²) in [5.41, 5.74) is 33.0. The first kappa shape index (κ1) is 70.4. The van der Waals surface area contributed by atoms with E-state index < -0.39 is 16.2 Å². The van der Waals surface area contributed by atoms with Crippen LogP contribution in [0.3, 0.4) is 0 Å². The number of rotatable bonds is 22. The minimum absolute atomic E-state index is 0.00492. The summed E-state index contributed by atoms with van der Waals surface area (Å²) >= 11 is 0. The van der Waals surface area contributed by atoms with Gasteiger partial charge in [-0.15, -0.1) is 0 Å². The second-order valence-electron chi connectivity index (χ2n) is 32.8. The van der Waals surface area contributed by atoms with Gasteiger partial charge in [-0.3, -0.25) is 0 Å². The highest BCUT2D eigenvalue weighted by Gasteiger charge is 2.53. The molecule has 0 saturated carbocycles. The molecule has 111 heavy (non-hydrogen) atoms. The molecule has 0 amide bonds. The molecule has 4 aliphatic rings. The van der Waals surface area contributed by atoms with Gasteiger partial charge in [0.1, 0.15) is 11.5 Å². The fraction of sp³-hybridized carbons (Fsp3) is 0.178. The van der Waals surface area contributed by atoms with Gasteiger partial charge in [0, 0.05) is 45.0 Å². The van der Waals surface area contributed by atoms with Crippen LogP contribution in [0.5, 0.6) is 11.5 Å². The van der Waals surface area contributed by atoms with Gasteiger partial charge in [0.05, 0.1) is 18.6 Å². The molecular weight excluding hydrogens is 1350 g/mol. The summed E-state index contributed by atoms with van der Waals surface area (Å²) in [6.07, 6.45) is 9.26. The summed E-state index contributed by atoms with van der Waals surface area (Å²) in [6, 6.07) is 124. The molecule has 0 radical (unpaired) electrons. The van der Waals surface area contributed by atoms with E-state index in [1.165, 1.54) is 111 Å². The number of hydrogen-bond acceptors (Lipinski definition) is 4. The second-order valence-corrected chi connectivity index (χ2v) is 32.8. The Bertz CT molecular complexity index is 5480. The lowest BCUT2D eigenvalue weighted by atomic mass is 9.68. The van der Waals surface area contributed by atoms with Crippen LogP contribution in [-0.4, -0.2) is 13.2 Å². The van der Waals surface area contributed by atoms with Gasteiger partial charge in [-0.2, -0.15) is 0 Å². The topological polar surface area (TPSA) is 24.9 Å². The van der Waals surface area contributed by atoms with Crippen LogP contribution in [0.4, 0.5) is 34.1 Å². The second kappa shape index (κ2) is 28.3. The lowest BCUT2D eigenvalue weighted by molar-refractivity contribution is 0.301. The van der Waals surface area contributed by atoms with Gasteiger partial charge < -0.3 is 19.3 Å². The zero-order valence-electron chi connectivity index (χ0n) is 64.6. The summed E-state index contributed by atoms with van der Waals surface area (Å²) in [4.78, 5) is 5.05. The van der Waals surface area contributed by atoms with Crippen LogP contribution in [0.1, 0.15) is 158 Å². The van der Waals surface area contributed by atoms with E-state index >= 15 is 0 Å². The number of fused-ring (bicyclic) bond motifs is 16. The van der Waals surface area contributed by atoms with Crippen molar-refractivity contribution in [1.29, 1.82) is 0 Å². The number of nitrogens with zero attached hydrogens (tertiary/aromatic N) is 2. The predicted octanol–water partition coefficient (Wildman–Crippen LogP) is 28.0. The van der Waals surface area contributed by atoms with Gasteiger partial charge in [0.2, 0.25) is 0 Å². The summed E-state index contributed by atoms with van der Waals surface area (Å²) in [6.45, 7) is 23.1. The van der Waals surface area contributed by atoms with Crippen molar-refractivity contribution in [3.05, 3.63) is 419 Å². The molecule has 2 unspecified atom stereocenters. The maximum atomic E-state index is 6.46. The standard InChI is InChI=1S/C107H94N2O2/c1-9-73-41-57-85(58-42-73)110-67-27-25-65-105(77-49-45-75(46-50-77)103(3,4)5)95-37-21-17-33-87(95)91-61-53-81(69-99(91)105)108(79-29-13-11-14-30-79)83-55-63-93-89-35-19-23-39-97(89)107(101(93)71-83)98-40-24-20-36-90(98)94-64-56-84(72-102(94)107)109(80-31-15-12-16-32-80)82-54-62-92-88-34-18-22-38-96(88)106(100(92)70-82,78-51-47-76(48-52-78)104(6,7)8)66-26-28-68-111-86-59-43-74(10-2)44-60-86/h9-24,29-64,69-72H,1-2,25-28,65-68H2,3-8H3. The van der Waals surface area contributed by atoms with Gasteiger partial charge in [0.25, 0.3) is 0 Å². The van der Waals surface area contributed by atoms with Gasteiger partial charge in [-0.1, -0.05) is 297 Å². The first-order chi connectivity index (χ1) is 54.2. The van der Waals surface area contributed by atoms with Crippen LogP contribution in [-0.2, 0) is 27.1 Å². The highest BCUT2D eigenvalue weighted by Crippen LogP contribution is 2.65. The third-order valence-corrected chi connectivity index (χ3v) is 24.5. The van der Waals surface area contributed by atoms with Gasteiger partial charge in [0.15, 0.2) is 0 Å². The molecule has 0 heterocycles. The molecule has 0 bridgehead atoms. The number of para-hydroxylation sites is 2. The Hall–Kier alpha value is -12.2. The molecule has 14 aromatic carbocycles. The minimum Gasteiger partial charge on any atom is -0.494 e. The van der Waals surface area contributed by atoms with E-state index in [9.17, 15) is 0 Å². The quantitative estimate of drug-likeness (QED) is 0.0632. The van der Waals surface area contributed by atoms with Crippen LogP contribution in [0.2, 0.25) is 0 Å². The van der Waals surface area contributed by atoms with Crippen molar-refractivity contribution in [3.63, 3.8) is 0 Å². The van der Waals surface area contributed by atoms with Crippen molar-refractivity contribution in [2.24, 2.45) is 0 Å². The van der Waals surface area contributed by atoms with Crippen LogP contribution < -0.4 is 19.3 Å². The first-order valence-electron chi connectivity index (χ1n) is 39.8. The summed E-state index contributed by atoms with van der Waals surface area (Å²) in [5.74, 6) is 1.76. The monoisotopic (exact) mass is 1440 g/mol. The molecule has 14 aromatic rings. The van der Waals surface area contributed by atoms with Crippen molar-refractivity contribution < 1.29 is 9.47 Å². The number of hydrogen-bond donors (Lipinski definition) is 0. The summed E-state index contributed by atoms with van der Waals surface area (Å²) in [5, 5.41) is 0. The molecule has 2 atom stereocenters. The Morgan fingerprint density at radius 1 is 0.279 bits per heavy atom. The molecule has 4 nitrogen and oxygen atoms in total. The van der Waals surface area contributed by atoms with Gasteiger partial charge in [-0.25, -0.2) is 0 Å². The van der Waals surface area contributed by atoms with Crippen LogP contribution >= 0.6 is 0 Å². The Balaban J connectivity index is 0.776. The third kappa shape index (κ3) is 12.0. The van der Waals surface area contributed by atoms with Crippen molar-refractivity contribution in [3.8, 4) is 56.0 Å². The Kier molecular flexibility index (Phi) is 18.0. The molecular formula is C107H94N2O2. The molecule has 18 rings (SSSR count). The molecule has 4 heteroatoms. The Morgan fingerprint density at radius 3 is 0.919 bits per heavy atom. The highest BCUT2D eigenvalue weighted by molar-refractivity contribution is 5.99. The molecule has 1 spiro atoms. The van der Waals surface area contributed by atoms with E-state index in [1.807, 2.05) is 12.2 Å². The maximum Gasteiger partial charge on any atom is 0.119 e. The zero-order valence-corrected chi connectivity index (χ0v) is 64.6. The SMILES string of the molecule is C=Cc1ccc(OCCCCC2(c3ccc(C(C)(C)C)cc3)c3ccccc3-c3ccc(N(c4ccccc4)c4ccc5c(c4)C4(c6ccccc6-5)c5ccccc5-c5ccc(N(c6ccccc6)c6ccc7c(c6)C(CCCCOc6ccc(C=C)cc6)(c6ccc(C(C)(C)C)cc6)c6ccccc6-7)cc54)cc32)cc1. The van der Waals surface area contributed by atoms with Crippen molar-refractivity contribution in [2.75, 3.05) is 23.0 Å². The van der Waals surface area contributed by atoms with E-state index in [-0.39, 0.29) is 10.8 Å². The van der Waals surface area contributed by atoms with E-state index in [0.717, 1.165) is 95.3 Å². The lowest BCUT2D eigenvalue weighted by Crippen LogP contribution is -2.28. The molecule has 0 aromatic heterocycles. The summed E-state index contributed by atoms with van der Waals surface area (Å²) in [7, 11) is 0. The summed E-state index contributed by atoms with van der Waals surface area (Å²) < 4.78 is 12.9. The first-order valence-corrected chi connectivity index (χ1v) is 39.8. The van der Waals surface area contributed by atoms with Crippen molar-refractivity contribution in [2.45, 2.75) is 107 Å². The normalized spacial score (nSPS) is 16.5. The highest BCUT2D eigenvalue weighted by atomic mass is 16.5. The zero-order chi connectivity index (χ0) is 75.6. The number of unbranched alkanes of at least 4 members (excludes halogenated alkanes) is 2. The molecule has 4 aliphatic carbocycles. The minimum atomic E-state index is -0.700. The maximum absolute atomic E-state index is 6.46. The Labute approximate surface area is 656 Å². The predicted molar refractivity (Wildman–Crippen MR) is 465 cm³/mol. The smallest absolute Gasteiger partial charge is 0.119 e. The molecule has 0 N–H and O–H groups in total. The largest absolute Gasteiger partial charge is 0.494 e. The van der Waals surface area contributed by atoms with E-state index in [1.54, 1.807) is 0 Å². The molecule has 0 aliphatic heterocycles. The van der Waals surface area contributed by atoms with E-state index in [0.29, 0.717) is 13.2 Å². The molecule has 0 fully saturated rings. The average Bonchev–Trinajstić information content (AvgIpc) is 1.51. The van der Waals surface area contributed by atoms with Gasteiger partial charge >= 0.3 is 0 Å². The lowest BCUT2D eigenvalue weighted by Gasteiger charge is -2.36. The van der Waals surface area contributed by atoms with E-state index in [4.69, 9.17) is 9.47 Å².